The second kappa shape index (κ2) is 19.5. The lowest BCUT2D eigenvalue weighted by Crippen LogP contribution is -2.03. The molecule has 0 N–H and O–H groups in total. The minimum atomic E-state index is 0.490. The first kappa shape index (κ1) is 47.6. The molecule has 12 aromatic carbocycles. The van der Waals surface area contributed by atoms with E-state index in [1.807, 2.05) is 42.5 Å². The van der Waals surface area contributed by atoms with Gasteiger partial charge >= 0.3 is 0 Å². The number of rotatable bonds is 9. The monoisotopic (exact) mass is 1060 g/mol. The molecular formula is C77H47N5O. The number of aromatic nitrogens is 4. The maximum atomic E-state index is 12.0. The predicted molar refractivity (Wildman–Crippen MR) is 341 cm³/mol. The van der Waals surface area contributed by atoms with Gasteiger partial charge in [-0.25, -0.2) is 9.97 Å². The molecule has 16 rings (SSSR count). The molecule has 0 unspecified atom stereocenters. The third-order valence-corrected chi connectivity index (χ3v) is 16.4. The van der Waals surface area contributed by atoms with Crippen LogP contribution >= 0.6 is 0 Å². The van der Waals surface area contributed by atoms with E-state index in [0.29, 0.717) is 22.6 Å². The van der Waals surface area contributed by atoms with Crippen LogP contribution in [-0.4, -0.2) is 19.1 Å². The van der Waals surface area contributed by atoms with Gasteiger partial charge in [-0.2, -0.15) is 5.26 Å². The lowest BCUT2D eigenvalue weighted by atomic mass is 10.0. The van der Waals surface area contributed by atoms with Crippen molar-refractivity contribution in [1.29, 1.82) is 5.26 Å². The molecule has 0 aliphatic rings. The molecule has 0 bridgehead atoms. The van der Waals surface area contributed by atoms with Crippen LogP contribution in [0.3, 0.4) is 0 Å². The first-order chi connectivity index (χ1) is 41.1. The number of benzene rings is 12. The molecule has 0 saturated heterocycles. The van der Waals surface area contributed by atoms with Gasteiger partial charge in [-0.1, -0.05) is 218 Å². The van der Waals surface area contributed by atoms with Crippen molar-refractivity contribution in [3.63, 3.8) is 0 Å². The van der Waals surface area contributed by atoms with Crippen molar-refractivity contribution in [2.75, 3.05) is 0 Å². The molecule has 6 nitrogen and oxygen atoms in total. The van der Waals surface area contributed by atoms with Crippen LogP contribution in [0.1, 0.15) is 5.56 Å². The number of para-hydroxylation sites is 1. The molecule has 83 heavy (non-hydrogen) atoms. The Kier molecular flexibility index (Phi) is 11.2. The van der Waals surface area contributed by atoms with E-state index in [1.54, 1.807) is 0 Å². The van der Waals surface area contributed by atoms with Crippen molar-refractivity contribution in [2.45, 2.75) is 0 Å². The molecule has 6 heteroatoms. The van der Waals surface area contributed by atoms with E-state index in [2.05, 4.69) is 258 Å². The van der Waals surface area contributed by atoms with Gasteiger partial charge in [-0.05, 0) is 111 Å². The summed E-state index contributed by atoms with van der Waals surface area (Å²) in [6, 6.07) is 103. The summed E-state index contributed by atoms with van der Waals surface area (Å²) in [5.74, 6) is 0.524. The highest BCUT2D eigenvalue weighted by Crippen LogP contribution is 2.48. The van der Waals surface area contributed by atoms with Crippen LogP contribution in [0.25, 0.3) is 155 Å². The van der Waals surface area contributed by atoms with Crippen LogP contribution in [0.4, 0.5) is 0 Å². The van der Waals surface area contributed by atoms with E-state index in [1.165, 1.54) is 0 Å². The zero-order chi connectivity index (χ0) is 55.0. The first-order valence-corrected chi connectivity index (χ1v) is 27.9. The van der Waals surface area contributed by atoms with E-state index in [0.717, 1.165) is 138 Å². The highest BCUT2D eigenvalue weighted by atomic mass is 16.3. The second-order valence-corrected chi connectivity index (χ2v) is 21.1. The van der Waals surface area contributed by atoms with Gasteiger partial charge in [-0.15, -0.1) is 0 Å². The summed E-state index contributed by atoms with van der Waals surface area (Å²) < 4.78 is 12.3. The fourth-order valence-corrected chi connectivity index (χ4v) is 12.5. The smallest absolute Gasteiger partial charge is 0.164 e. The molecule has 0 aliphatic heterocycles. The quantitative estimate of drug-likeness (QED) is 0.144. The summed E-state index contributed by atoms with van der Waals surface area (Å²) in [7, 11) is 0. The van der Waals surface area contributed by atoms with Crippen LogP contribution in [0.15, 0.2) is 290 Å². The fraction of sp³-hybridized carbons (Fsp3) is 0. The first-order valence-electron chi connectivity index (χ1n) is 27.9. The summed E-state index contributed by atoms with van der Waals surface area (Å²) >= 11 is 0. The minimum absolute atomic E-state index is 0.490. The Labute approximate surface area is 478 Å². The van der Waals surface area contributed by atoms with Gasteiger partial charge in [-0.3, -0.25) is 0 Å². The normalized spacial score (nSPS) is 11.6. The van der Waals surface area contributed by atoms with Crippen LogP contribution in [0, 0.1) is 11.3 Å². The highest BCUT2D eigenvalue weighted by molar-refractivity contribution is 6.20. The Morgan fingerprint density at radius 3 is 1.07 bits per heavy atom. The Hall–Kier alpha value is -11.4. The van der Waals surface area contributed by atoms with Gasteiger partial charge < -0.3 is 13.6 Å². The van der Waals surface area contributed by atoms with Gasteiger partial charge in [0.1, 0.15) is 11.7 Å². The average Bonchev–Trinajstić information content (AvgIpc) is 2.54. The average molecular weight is 1060 g/mol. The number of hydrogen-bond donors (Lipinski definition) is 0. The Balaban J connectivity index is 1.04. The molecule has 0 spiro atoms. The molecular weight excluding hydrogens is 1010 g/mol. The van der Waals surface area contributed by atoms with Crippen molar-refractivity contribution in [1.82, 2.24) is 19.1 Å². The summed E-state index contributed by atoms with van der Waals surface area (Å²) in [6.45, 7) is 0. The maximum Gasteiger partial charge on any atom is 0.164 e. The molecule has 0 saturated carbocycles. The van der Waals surface area contributed by atoms with Gasteiger partial charge in [0.15, 0.2) is 11.4 Å². The number of hydrogen-bond acceptors (Lipinski definition) is 4. The topological polar surface area (TPSA) is 72.6 Å². The third-order valence-electron chi connectivity index (χ3n) is 16.4. The molecule has 0 atom stereocenters. The van der Waals surface area contributed by atoms with Crippen molar-refractivity contribution in [3.05, 3.63) is 291 Å². The third kappa shape index (κ3) is 7.94. The van der Waals surface area contributed by atoms with Crippen molar-refractivity contribution < 1.29 is 4.42 Å². The van der Waals surface area contributed by atoms with Crippen LogP contribution in [0.2, 0.25) is 0 Å². The second-order valence-electron chi connectivity index (χ2n) is 21.1. The highest BCUT2D eigenvalue weighted by Gasteiger charge is 2.28. The molecule has 16 aromatic rings. The van der Waals surface area contributed by atoms with E-state index in [9.17, 15) is 5.26 Å². The zero-order valence-electron chi connectivity index (χ0n) is 44.8. The standard InChI is InChI=1S/C77H47N5O/c78-48-59-46-72(81-68-38-34-55(49-20-7-1-8-21-49)42-62(68)63-43-56(35-39-69(63)81)50-22-9-2-10-23-50)76-73(60-32-19-33-61(75(60)83-76)77-79-66(53-28-15-5-16-29-53)47-67(80-77)54-30-17-6-18-31-54)74(59)82-70-40-36-57(51-24-11-3-12-25-51)44-64(70)65-45-58(37-41-71(65)82)52-26-13-4-14-27-52/h1-47H. The van der Waals surface area contributed by atoms with E-state index in [-0.39, 0.29) is 0 Å². The molecule has 0 amide bonds. The Morgan fingerprint density at radius 1 is 0.313 bits per heavy atom. The van der Waals surface area contributed by atoms with E-state index < -0.39 is 0 Å². The number of fused-ring (bicyclic) bond motifs is 9. The molecule has 386 valence electrons. The fourth-order valence-electron chi connectivity index (χ4n) is 12.5. The van der Waals surface area contributed by atoms with Crippen molar-refractivity contribution >= 4 is 65.6 Å². The van der Waals surface area contributed by atoms with Crippen molar-refractivity contribution in [3.8, 4) is 95.9 Å². The van der Waals surface area contributed by atoms with E-state index in [4.69, 9.17) is 14.4 Å². The Bertz CT molecular complexity index is 4980. The number of furan rings is 1. The molecule has 0 radical (unpaired) electrons. The van der Waals surface area contributed by atoms with Gasteiger partial charge in [0.25, 0.3) is 0 Å². The molecule has 0 aliphatic carbocycles. The van der Waals surface area contributed by atoms with E-state index >= 15 is 0 Å². The van der Waals surface area contributed by atoms with Crippen LogP contribution in [-0.2, 0) is 0 Å². The Morgan fingerprint density at radius 2 is 0.687 bits per heavy atom. The van der Waals surface area contributed by atoms with Crippen LogP contribution in [0.5, 0.6) is 0 Å². The summed E-state index contributed by atoms with van der Waals surface area (Å²) in [6.07, 6.45) is 0. The molecule has 4 aromatic heterocycles. The van der Waals surface area contributed by atoms with Gasteiger partial charge in [0.05, 0.1) is 61.3 Å². The lowest BCUT2D eigenvalue weighted by molar-refractivity contribution is 0.667. The minimum Gasteiger partial charge on any atom is -0.453 e. The lowest BCUT2D eigenvalue weighted by Gasteiger charge is -2.16. The zero-order valence-corrected chi connectivity index (χ0v) is 44.8. The van der Waals surface area contributed by atoms with Crippen molar-refractivity contribution in [2.24, 2.45) is 0 Å². The summed E-state index contributed by atoms with van der Waals surface area (Å²) in [4.78, 5) is 10.7. The molecule has 0 fully saturated rings. The number of nitriles is 1. The largest absolute Gasteiger partial charge is 0.453 e. The van der Waals surface area contributed by atoms with Crippen LogP contribution < -0.4 is 0 Å². The summed E-state index contributed by atoms with van der Waals surface area (Å²) in [5.41, 5.74) is 20.3. The SMILES string of the molecule is N#Cc1cc(-n2c3ccc(-c4ccccc4)cc3c3cc(-c4ccccc4)ccc32)c2oc3c(-c4nc(-c5ccccc5)cc(-c5ccccc5)n4)cccc3c2c1-n1c2ccc(-c3ccccc3)cc2c2cc(-c3ccccc3)ccc21. The number of nitrogens with zero attached hydrogens (tertiary/aromatic N) is 5. The van der Waals surface area contributed by atoms with Gasteiger partial charge in [0.2, 0.25) is 0 Å². The predicted octanol–water partition coefficient (Wildman–Crippen LogP) is 20.1. The van der Waals surface area contributed by atoms with Gasteiger partial charge in [0, 0.05) is 38.1 Å². The maximum absolute atomic E-state index is 12.0. The summed E-state index contributed by atoms with van der Waals surface area (Å²) in [5, 5.41) is 17.9. The molecule has 4 heterocycles.